The maximum absolute atomic E-state index is 13.8. The van der Waals surface area contributed by atoms with Gasteiger partial charge in [0.25, 0.3) is 0 Å². The summed E-state index contributed by atoms with van der Waals surface area (Å²) in [5.74, 6) is -0.966. The molecule has 0 saturated carbocycles. The van der Waals surface area contributed by atoms with Crippen molar-refractivity contribution in [3.8, 4) is 0 Å². The van der Waals surface area contributed by atoms with Crippen molar-refractivity contribution in [2.75, 3.05) is 11.1 Å². The van der Waals surface area contributed by atoms with Gasteiger partial charge in [-0.15, -0.1) is 0 Å². The van der Waals surface area contributed by atoms with Crippen molar-refractivity contribution in [3.05, 3.63) is 59.8 Å². The Labute approximate surface area is 120 Å². The summed E-state index contributed by atoms with van der Waals surface area (Å²) >= 11 is 0. The molecule has 0 aliphatic heterocycles. The van der Waals surface area contributed by atoms with Crippen molar-refractivity contribution in [2.45, 2.75) is 6.92 Å². The highest BCUT2D eigenvalue weighted by atomic mass is 19.1. The number of pyridine rings is 1. The number of nitrogen functional groups attached to an aromatic ring is 1. The van der Waals surface area contributed by atoms with Gasteiger partial charge in [0.2, 0.25) is 0 Å². The molecule has 106 valence electrons. The molecule has 3 rings (SSSR count). The first-order valence-corrected chi connectivity index (χ1v) is 6.43. The van der Waals surface area contributed by atoms with E-state index in [2.05, 4.69) is 10.3 Å². The number of nitrogens with two attached hydrogens (primary N) is 1. The summed E-state index contributed by atoms with van der Waals surface area (Å²) in [6.07, 6.45) is 0. The van der Waals surface area contributed by atoms with Gasteiger partial charge in [-0.05, 0) is 31.2 Å². The zero-order valence-corrected chi connectivity index (χ0v) is 11.3. The Morgan fingerprint density at radius 1 is 1.00 bits per heavy atom. The number of aromatic nitrogens is 1. The summed E-state index contributed by atoms with van der Waals surface area (Å²) in [7, 11) is 0. The van der Waals surface area contributed by atoms with Crippen molar-refractivity contribution in [1.82, 2.24) is 4.98 Å². The van der Waals surface area contributed by atoms with Crippen LogP contribution in [0.15, 0.2) is 42.5 Å². The van der Waals surface area contributed by atoms with Gasteiger partial charge < -0.3 is 11.1 Å². The summed E-state index contributed by atoms with van der Waals surface area (Å²) in [4.78, 5) is 4.32. The van der Waals surface area contributed by atoms with Gasteiger partial charge in [-0.1, -0.05) is 18.2 Å². The van der Waals surface area contributed by atoms with E-state index < -0.39 is 11.6 Å². The van der Waals surface area contributed by atoms with Gasteiger partial charge in [0.1, 0.15) is 23.1 Å². The molecule has 3 aromatic rings. The maximum atomic E-state index is 13.8. The quantitative estimate of drug-likeness (QED) is 0.695. The number of fused-ring (bicyclic) bond motifs is 1. The molecule has 0 atom stereocenters. The van der Waals surface area contributed by atoms with E-state index in [4.69, 9.17) is 5.73 Å². The summed E-state index contributed by atoms with van der Waals surface area (Å²) in [5, 5.41) is 4.24. The number of hydrogen-bond donors (Lipinski definition) is 2. The maximum Gasteiger partial charge on any atom is 0.149 e. The van der Waals surface area contributed by atoms with Crippen molar-refractivity contribution in [3.63, 3.8) is 0 Å². The van der Waals surface area contributed by atoms with Crippen LogP contribution in [-0.2, 0) is 0 Å². The van der Waals surface area contributed by atoms with Crippen LogP contribution in [0.3, 0.4) is 0 Å². The minimum Gasteiger partial charge on any atom is -0.398 e. The molecule has 5 heteroatoms. The van der Waals surface area contributed by atoms with Crippen molar-refractivity contribution >= 4 is 28.0 Å². The molecule has 0 amide bonds. The number of halogens is 2. The van der Waals surface area contributed by atoms with Crippen molar-refractivity contribution in [2.24, 2.45) is 0 Å². The van der Waals surface area contributed by atoms with Crippen molar-refractivity contribution < 1.29 is 8.78 Å². The van der Waals surface area contributed by atoms with Gasteiger partial charge in [-0.3, -0.25) is 0 Å². The lowest BCUT2D eigenvalue weighted by Gasteiger charge is -2.12. The molecule has 1 heterocycles. The number of aryl methyl sites for hydroxylation is 1. The molecule has 0 unspecified atom stereocenters. The molecule has 0 aliphatic rings. The van der Waals surface area contributed by atoms with Crippen LogP contribution < -0.4 is 11.1 Å². The van der Waals surface area contributed by atoms with E-state index in [1.807, 2.05) is 6.07 Å². The molecule has 0 spiro atoms. The normalized spacial score (nSPS) is 10.8. The molecule has 0 aliphatic carbocycles. The minimum atomic E-state index is -0.671. The number of anilines is 3. The van der Waals surface area contributed by atoms with Gasteiger partial charge >= 0.3 is 0 Å². The van der Waals surface area contributed by atoms with Crippen molar-refractivity contribution in [1.29, 1.82) is 0 Å². The topological polar surface area (TPSA) is 50.9 Å². The lowest BCUT2D eigenvalue weighted by Crippen LogP contribution is -2.01. The average molecular weight is 285 g/mol. The monoisotopic (exact) mass is 285 g/mol. The smallest absolute Gasteiger partial charge is 0.149 e. The average Bonchev–Trinajstić information content (AvgIpc) is 2.44. The number of hydrogen-bond acceptors (Lipinski definition) is 3. The predicted molar refractivity (Wildman–Crippen MR) is 80.5 cm³/mol. The molecule has 0 radical (unpaired) electrons. The van der Waals surface area contributed by atoms with Gasteiger partial charge in [0, 0.05) is 22.2 Å². The first-order valence-electron chi connectivity index (χ1n) is 6.43. The third-order valence-corrected chi connectivity index (χ3v) is 3.24. The summed E-state index contributed by atoms with van der Waals surface area (Å²) in [6, 6.07) is 10.9. The largest absolute Gasteiger partial charge is 0.398 e. The SMILES string of the molecule is Cc1cc2c(N)cccc2c(Nc2c(F)cccc2F)n1. The Morgan fingerprint density at radius 3 is 2.38 bits per heavy atom. The van der Waals surface area contributed by atoms with Crippen LogP contribution in [-0.4, -0.2) is 4.98 Å². The number of benzene rings is 2. The molecule has 21 heavy (non-hydrogen) atoms. The van der Waals surface area contributed by atoms with Crippen LogP contribution in [0.25, 0.3) is 10.8 Å². The zero-order valence-electron chi connectivity index (χ0n) is 11.3. The fourth-order valence-corrected chi connectivity index (χ4v) is 2.26. The summed E-state index contributed by atoms with van der Waals surface area (Å²) in [6.45, 7) is 1.80. The van der Waals surface area contributed by atoms with Crippen LogP contribution in [0.1, 0.15) is 5.69 Å². The highest BCUT2D eigenvalue weighted by molar-refractivity contribution is 6.00. The Morgan fingerprint density at radius 2 is 1.67 bits per heavy atom. The molecule has 1 aromatic heterocycles. The van der Waals surface area contributed by atoms with E-state index in [0.717, 1.165) is 5.39 Å². The van der Waals surface area contributed by atoms with Gasteiger partial charge in [-0.2, -0.15) is 0 Å². The molecule has 2 aromatic carbocycles. The summed E-state index contributed by atoms with van der Waals surface area (Å²) < 4.78 is 27.5. The van der Waals surface area contributed by atoms with Crippen LogP contribution in [0.5, 0.6) is 0 Å². The number of nitrogens with one attached hydrogen (secondary N) is 1. The highest BCUT2D eigenvalue weighted by Crippen LogP contribution is 2.30. The van der Waals surface area contributed by atoms with Crippen LogP contribution in [0.4, 0.5) is 26.0 Å². The number of nitrogens with zero attached hydrogens (tertiary/aromatic N) is 1. The Kier molecular flexibility index (Phi) is 3.17. The lowest BCUT2D eigenvalue weighted by atomic mass is 10.1. The second-order valence-electron chi connectivity index (χ2n) is 4.78. The fourth-order valence-electron chi connectivity index (χ4n) is 2.26. The predicted octanol–water partition coefficient (Wildman–Crippen LogP) is 4.15. The second-order valence-corrected chi connectivity index (χ2v) is 4.78. The van der Waals surface area contributed by atoms with E-state index in [0.29, 0.717) is 22.6 Å². The van der Waals surface area contributed by atoms with E-state index in [1.54, 1.807) is 25.1 Å². The molecular weight excluding hydrogens is 272 g/mol. The molecule has 3 N–H and O–H groups in total. The minimum absolute atomic E-state index is 0.223. The molecule has 3 nitrogen and oxygen atoms in total. The molecular formula is C16H13F2N3. The third-order valence-electron chi connectivity index (χ3n) is 3.24. The molecule has 0 fully saturated rings. The first kappa shape index (κ1) is 13.3. The lowest BCUT2D eigenvalue weighted by molar-refractivity contribution is 0.590. The zero-order chi connectivity index (χ0) is 15.0. The van der Waals surface area contributed by atoms with E-state index in [-0.39, 0.29) is 5.69 Å². The van der Waals surface area contributed by atoms with Gasteiger partial charge in [0.15, 0.2) is 0 Å². The summed E-state index contributed by atoms with van der Waals surface area (Å²) in [5.41, 5.74) is 7.02. The van der Waals surface area contributed by atoms with Gasteiger partial charge in [0.05, 0.1) is 0 Å². The molecule has 0 saturated heterocycles. The van der Waals surface area contributed by atoms with Crippen LogP contribution >= 0.6 is 0 Å². The van der Waals surface area contributed by atoms with Gasteiger partial charge in [-0.25, -0.2) is 13.8 Å². The Hall–Kier alpha value is -2.69. The first-order chi connectivity index (χ1) is 10.1. The highest BCUT2D eigenvalue weighted by Gasteiger charge is 2.12. The van der Waals surface area contributed by atoms with E-state index in [1.165, 1.54) is 18.2 Å². The Bertz CT molecular complexity index is 811. The van der Waals surface area contributed by atoms with E-state index >= 15 is 0 Å². The fraction of sp³-hybridized carbons (Fsp3) is 0.0625. The Balaban J connectivity index is 2.19. The van der Waals surface area contributed by atoms with Crippen LogP contribution in [0.2, 0.25) is 0 Å². The number of rotatable bonds is 2. The molecule has 0 bridgehead atoms. The number of para-hydroxylation sites is 1. The third kappa shape index (κ3) is 2.38. The van der Waals surface area contributed by atoms with E-state index in [9.17, 15) is 8.78 Å². The van der Waals surface area contributed by atoms with Crippen LogP contribution in [0, 0.1) is 18.6 Å². The standard InChI is InChI=1S/C16H13F2N3/c1-9-8-11-10(4-2-7-14(11)19)16(20-9)21-15-12(17)5-3-6-13(15)18/h2-8H,19H2,1H3,(H,20,21). The second kappa shape index (κ2) is 5.01.